The van der Waals surface area contributed by atoms with E-state index in [4.69, 9.17) is 0 Å². The molecule has 0 spiro atoms. The molecule has 2 aromatic heterocycles. The zero-order valence-corrected chi connectivity index (χ0v) is 13.0. The van der Waals surface area contributed by atoms with E-state index in [1.807, 2.05) is 12.3 Å². The van der Waals surface area contributed by atoms with Crippen LogP contribution < -0.4 is 5.56 Å². The summed E-state index contributed by atoms with van der Waals surface area (Å²) in [4.78, 5) is 16.7. The molecule has 0 amide bonds. The molecule has 102 valence electrons. The van der Waals surface area contributed by atoms with E-state index in [0.717, 1.165) is 11.1 Å². The van der Waals surface area contributed by atoms with E-state index in [2.05, 4.69) is 20.9 Å². The Bertz CT molecular complexity index is 836. The molecule has 0 bridgehead atoms. The maximum absolute atomic E-state index is 13.4. The number of rotatable bonds is 2. The number of hydrogen-bond donors (Lipinski definition) is 0. The Labute approximate surface area is 126 Å². The van der Waals surface area contributed by atoms with Crippen molar-refractivity contribution in [2.75, 3.05) is 0 Å². The summed E-state index contributed by atoms with van der Waals surface area (Å²) >= 11 is 4.64. The van der Waals surface area contributed by atoms with Gasteiger partial charge in [-0.2, -0.15) is 0 Å². The van der Waals surface area contributed by atoms with Gasteiger partial charge in [-0.05, 0) is 41.6 Å². The average Bonchev–Trinajstić information content (AvgIpc) is 2.74. The molecule has 2 heterocycles. The molecule has 0 saturated heterocycles. The molecular formula is C14H10BrFN2OS. The summed E-state index contributed by atoms with van der Waals surface area (Å²) in [6.45, 7) is 2.23. The fourth-order valence-electron chi connectivity index (χ4n) is 2.07. The molecule has 3 rings (SSSR count). The lowest BCUT2D eigenvalue weighted by molar-refractivity contribution is 0.621. The number of aryl methyl sites for hydroxylation is 1. The Balaban J connectivity index is 2.06. The van der Waals surface area contributed by atoms with Gasteiger partial charge in [0, 0.05) is 4.47 Å². The number of hydrogen-bond acceptors (Lipinski definition) is 3. The molecule has 0 N–H and O–H groups in total. The standard InChI is InChI=1S/C14H10BrFN2OS/c1-8-6-20-13-12(8)17-7-18(14(13)19)5-9-2-10(15)4-11(16)3-9/h2-4,6-7H,5H2,1H3. The van der Waals surface area contributed by atoms with Gasteiger partial charge in [-0.15, -0.1) is 11.3 Å². The lowest BCUT2D eigenvalue weighted by Crippen LogP contribution is -2.20. The minimum absolute atomic E-state index is 0.0894. The van der Waals surface area contributed by atoms with E-state index in [0.29, 0.717) is 21.3 Å². The number of fused-ring (bicyclic) bond motifs is 1. The van der Waals surface area contributed by atoms with Gasteiger partial charge in [-0.3, -0.25) is 9.36 Å². The maximum Gasteiger partial charge on any atom is 0.271 e. The quantitative estimate of drug-likeness (QED) is 0.704. The van der Waals surface area contributed by atoms with Crippen LogP contribution in [-0.2, 0) is 6.54 Å². The minimum atomic E-state index is -0.330. The van der Waals surface area contributed by atoms with Gasteiger partial charge in [0.05, 0.1) is 18.4 Å². The van der Waals surface area contributed by atoms with Crippen LogP contribution in [0.15, 0.2) is 39.2 Å². The first kappa shape index (κ1) is 13.5. The fourth-order valence-corrected chi connectivity index (χ4v) is 3.53. The average molecular weight is 353 g/mol. The number of nitrogens with zero attached hydrogens (tertiary/aromatic N) is 2. The van der Waals surface area contributed by atoms with Crippen molar-refractivity contribution < 1.29 is 4.39 Å². The van der Waals surface area contributed by atoms with E-state index >= 15 is 0 Å². The molecule has 0 aliphatic heterocycles. The predicted octanol–water partition coefficient (Wildman–Crippen LogP) is 3.72. The van der Waals surface area contributed by atoms with E-state index < -0.39 is 0 Å². The van der Waals surface area contributed by atoms with Crippen LogP contribution in [-0.4, -0.2) is 9.55 Å². The first-order valence-electron chi connectivity index (χ1n) is 5.93. The number of benzene rings is 1. The second kappa shape index (κ2) is 5.10. The Kier molecular flexibility index (Phi) is 3.43. The molecule has 0 aliphatic rings. The molecule has 20 heavy (non-hydrogen) atoms. The van der Waals surface area contributed by atoms with Gasteiger partial charge in [-0.1, -0.05) is 15.9 Å². The molecule has 0 aliphatic carbocycles. The smallest absolute Gasteiger partial charge is 0.271 e. The molecule has 0 saturated carbocycles. The molecular weight excluding hydrogens is 343 g/mol. The molecule has 0 unspecified atom stereocenters. The van der Waals surface area contributed by atoms with Gasteiger partial charge in [0.1, 0.15) is 10.5 Å². The van der Waals surface area contributed by atoms with Crippen molar-refractivity contribution in [2.45, 2.75) is 13.5 Å². The van der Waals surface area contributed by atoms with Crippen LogP contribution in [0.25, 0.3) is 10.2 Å². The van der Waals surface area contributed by atoms with Gasteiger partial charge >= 0.3 is 0 Å². The van der Waals surface area contributed by atoms with Crippen LogP contribution in [0.3, 0.4) is 0 Å². The summed E-state index contributed by atoms with van der Waals surface area (Å²) in [6.07, 6.45) is 1.52. The minimum Gasteiger partial charge on any atom is -0.294 e. The van der Waals surface area contributed by atoms with Crippen molar-refractivity contribution >= 4 is 37.5 Å². The van der Waals surface area contributed by atoms with Gasteiger partial charge in [0.15, 0.2) is 0 Å². The first-order valence-corrected chi connectivity index (χ1v) is 7.60. The van der Waals surface area contributed by atoms with Crippen LogP contribution in [0.5, 0.6) is 0 Å². The zero-order chi connectivity index (χ0) is 14.3. The summed E-state index contributed by atoms with van der Waals surface area (Å²) in [7, 11) is 0. The first-order chi connectivity index (χ1) is 9.54. The molecule has 1 aromatic carbocycles. The van der Waals surface area contributed by atoms with Gasteiger partial charge in [0.25, 0.3) is 5.56 Å². The largest absolute Gasteiger partial charge is 0.294 e. The molecule has 6 heteroatoms. The third-order valence-electron chi connectivity index (χ3n) is 3.00. The SMILES string of the molecule is Cc1csc2c(=O)n(Cc3cc(F)cc(Br)c3)cnc12. The van der Waals surface area contributed by atoms with E-state index in [1.54, 1.807) is 6.07 Å². The predicted molar refractivity (Wildman–Crippen MR) is 81.8 cm³/mol. The van der Waals surface area contributed by atoms with Crippen molar-refractivity contribution in [1.29, 1.82) is 0 Å². The molecule has 0 radical (unpaired) electrons. The van der Waals surface area contributed by atoms with Crippen molar-refractivity contribution in [2.24, 2.45) is 0 Å². The second-order valence-corrected chi connectivity index (χ2v) is 6.35. The highest BCUT2D eigenvalue weighted by atomic mass is 79.9. The Morgan fingerprint density at radius 3 is 2.95 bits per heavy atom. The zero-order valence-electron chi connectivity index (χ0n) is 10.6. The summed E-state index contributed by atoms with van der Waals surface area (Å²) in [6, 6.07) is 4.59. The number of halogens is 2. The third kappa shape index (κ3) is 2.41. The maximum atomic E-state index is 13.4. The highest BCUT2D eigenvalue weighted by Crippen LogP contribution is 2.20. The van der Waals surface area contributed by atoms with E-state index in [-0.39, 0.29) is 11.4 Å². The lowest BCUT2D eigenvalue weighted by Gasteiger charge is -2.06. The van der Waals surface area contributed by atoms with Gasteiger partial charge < -0.3 is 0 Å². The Hall–Kier alpha value is -1.53. The van der Waals surface area contributed by atoms with Gasteiger partial charge in [-0.25, -0.2) is 9.37 Å². The topological polar surface area (TPSA) is 34.9 Å². The normalized spacial score (nSPS) is 11.2. The Morgan fingerprint density at radius 1 is 1.40 bits per heavy atom. The molecule has 3 aromatic rings. The lowest BCUT2D eigenvalue weighted by atomic mass is 10.2. The van der Waals surface area contributed by atoms with Crippen LogP contribution >= 0.6 is 27.3 Å². The third-order valence-corrected chi connectivity index (χ3v) is 4.53. The monoisotopic (exact) mass is 352 g/mol. The van der Waals surface area contributed by atoms with Crippen molar-refractivity contribution in [3.05, 3.63) is 61.7 Å². The highest BCUT2D eigenvalue weighted by molar-refractivity contribution is 9.10. The highest BCUT2D eigenvalue weighted by Gasteiger charge is 2.09. The summed E-state index contributed by atoms with van der Waals surface area (Å²) in [5, 5.41) is 1.92. The Morgan fingerprint density at radius 2 is 2.20 bits per heavy atom. The summed E-state index contributed by atoms with van der Waals surface area (Å²) in [5.74, 6) is -0.330. The summed E-state index contributed by atoms with van der Waals surface area (Å²) < 4.78 is 16.1. The second-order valence-electron chi connectivity index (χ2n) is 4.55. The number of thiophene rings is 1. The van der Waals surface area contributed by atoms with Crippen molar-refractivity contribution in [3.8, 4) is 0 Å². The van der Waals surface area contributed by atoms with Crippen molar-refractivity contribution in [1.82, 2.24) is 9.55 Å². The van der Waals surface area contributed by atoms with Crippen LogP contribution in [0.2, 0.25) is 0 Å². The number of aromatic nitrogens is 2. The molecule has 3 nitrogen and oxygen atoms in total. The van der Waals surface area contributed by atoms with Crippen LogP contribution in [0, 0.1) is 12.7 Å². The van der Waals surface area contributed by atoms with Crippen LogP contribution in [0.1, 0.15) is 11.1 Å². The van der Waals surface area contributed by atoms with E-state index in [1.165, 1.54) is 34.4 Å². The molecule has 0 atom stereocenters. The molecule has 0 fully saturated rings. The van der Waals surface area contributed by atoms with E-state index in [9.17, 15) is 9.18 Å². The van der Waals surface area contributed by atoms with Crippen LogP contribution in [0.4, 0.5) is 4.39 Å². The summed E-state index contributed by atoms with van der Waals surface area (Å²) in [5.41, 5.74) is 2.38. The fraction of sp³-hybridized carbons (Fsp3) is 0.143. The van der Waals surface area contributed by atoms with Gasteiger partial charge in [0.2, 0.25) is 0 Å². The van der Waals surface area contributed by atoms with Crippen molar-refractivity contribution in [3.63, 3.8) is 0 Å².